The molecule has 0 radical (unpaired) electrons. The maximum Gasteiger partial charge on any atom is 0.270 e. The van der Waals surface area contributed by atoms with E-state index in [1.165, 1.54) is 0 Å². The number of halogens is 1. The van der Waals surface area contributed by atoms with E-state index in [-0.39, 0.29) is 5.91 Å². The van der Waals surface area contributed by atoms with E-state index < -0.39 is 0 Å². The smallest absolute Gasteiger partial charge is 0.270 e. The molecule has 16 heavy (non-hydrogen) atoms. The van der Waals surface area contributed by atoms with E-state index in [0.29, 0.717) is 22.8 Å². The third kappa shape index (κ3) is 2.39. The minimum Gasteiger partial charge on any atom is -0.356 e. The van der Waals surface area contributed by atoms with Crippen LogP contribution in [-0.2, 0) is 0 Å². The van der Waals surface area contributed by atoms with Gasteiger partial charge in [-0.3, -0.25) is 4.79 Å². The van der Waals surface area contributed by atoms with Crippen molar-refractivity contribution < 1.29 is 4.79 Å². The molecule has 2 rings (SSSR count). The van der Waals surface area contributed by atoms with Crippen molar-refractivity contribution in [1.82, 2.24) is 15.2 Å². The molecule has 0 aliphatic carbocycles. The Balaban J connectivity index is 2.09. The van der Waals surface area contributed by atoms with E-state index in [9.17, 15) is 4.79 Å². The Morgan fingerprint density at radius 1 is 1.44 bits per heavy atom. The largest absolute Gasteiger partial charge is 0.356 e. The van der Waals surface area contributed by atoms with Crippen LogP contribution in [0.2, 0.25) is 5.02 Å². The number of carbonyl (C=O) groups is 1. The van der Waals surface area contributed by atoms with Gasteiger partial charge >= 0.3 is 0 Å². The van der Waals surface area contributed by atoms with Gasteiger partial charge in [0.05, 0.1) is 5.02 Å². The minimum atomic E-state index is 0.0205. The van der Waals surface area contributed by atoms with E-state index in [4.69, 9.17) is 11.6 Å². The topological polar surface area (TPSA) is 48.1 Å². The molecule has 0 aromatic carbocycles. The van der Waals surface area contributed by atoms with Crippen molar-refractivity contribution in [2.24, 2.45) is 0 Å². The van der Waals surface area contributed by atoms with Crippen LogP contribution in [0.15, 0.2) is 12.3 Å². The van der Waals surface area contributed by atoms with E-state index in [1.54, 1.807) is 12.3 Å². The molecule has 0 bridgehead atoms. The molecule has 1 saturated heterocycles. The zero-order chi connectivity index (χ0) is 11.7. The maximum absolute atomic E-state index is 12.1. The van der Waals surface area contributed by atoms with Crippen LogP contribution in [0.25, 0.3) is 0 Å². The lowest BCUT2D eigenvalue weighted by Crippen LogP contribution is -2.55. The second kappa shape index (κ2) is 4.47. The summed E-state index contributed by atoms with van der Waals surface area (Å²) in [4.78, 5) is 16.9. The standard InChI is InChI=1S/C11H16ClN3O/c1-7-5-15(6-8(2)14-7)11(16)10-3-9(12)4-13-10/h3-4,7-8,13-14H,5-6H2,1-2H3. The van der Waals surface area contributed by atoms with Crippen molar-refractivity contribution in [2.45, 2.75) is 25.9 Å². The number of amides is 1. The molecule has 1 aliphatic rings. The Kier molecular flexibility index (Phi) is 3.21. The van der Waals surface area contributed by atoms with Gasteiger partial charge in [-0.2, -0.15) is 0 Å². The predicted molar refractivity (Wildman–Crippen MR) is 63.8 cm³/mol. The lowest BCUT2D eigenvalue weighted by molar-refractivity contribution is 0.0668. The summed E-state index contributed by atoms with van der Waals surface area (Å²) in [5, 5.41) is 3.96. The predicted octanol–water partition coefficient (Wildman–Crippen LogP) is 1.49. The van der Waals surface area contributed by atoms with Crippen molar-refractivity contribution in [3.05, 3.63) is 23.0 Å². The van der Waals surface area contributed by atoms with Gasteiger partial charge in [0, 0.05) is 31.4 Å². The van der Waals surface area contributed by atoms with Gasteiger partial charge < -0.3 is 15.2 Å². The number of carbonyl (C=O) groups excluding carboxylic acids is 1. The van der Waals surface area contributed by atoms with Crippen LogP contribution in [0.4, 0.5) is 0 Å². The molecule has 1 fully saturated rings. The van der Waals surface area contributed by atoms with Crippen molar-refractivity contribution in [2.75, 3.05) is 13.1 Å². The molecular weight excluding hydrogens is 226 g/mol. The van der Waals surface area contributed by atoms with Crippen molar-refractivity contribution in [3.8, 4) is 0 Å². The molecule has 0 spiro atoms. The molecule has 0 saturated carbocycles. The molecule has 88 valence electrons. The van der Waals surface area contributed by atoms with Gasteiger partial charge in [-0.05, 0) is 19.9 Å². The van der Waals surface area contributed by atoms with Gasteiger partial charge in [-0.1, -0.05) is 11.6 Å². The van der Waals surface area contributed by atoms with Gasteiger partial charge in [0.1, 0.15) is 5.69 Å². The molecule has 2 atom stereocenters. The lowest BCUT2D eigenvalue weighted by Gasteiger charge is -2.35. The monoisotopic (exact) mass is 241 g/mol. The Morgan fingerprint density at radius 3 is 2.56 bits per heavy atom. The summed E-state index contributed by atoms with van der Waals surface area (Å²) in [6.07, 6.45) is 1.63. The summed E-state index contributed by atoms with van der Waals surface area (Å²) in [6, 6.07) is 2.33. The summed E-state index contributed by atoms with van der Waals surface area (Å²) in [5.74, 6) is 0.0205. The van der Waals surface area contributed by atoms with Gasteiger partial charge in [-0.15, -0.1) is 0 Å². The molecule has 1 amide bonds. The third-order valence-corrected chi connectivity index (χ3v) is 2.94. The third-order valence-electron chi connectivity index (χ3n) is 2.72. The summed E-state index contributed by atoms with van der Waals surface area (Å²) in [5.41, 5.74) is 0.561. The van der Waals surface area contributed by atoms with Gasteiger partial charge in [0.15, 0.2) is 0 Å². The fourth-order valence-electron chi connectivity index (χ4n) is 2.15. The number of hydrogen-bond acceptors (Lipinski definition) is 2. The molecule has 2 N–H and O–H groups in total. The fourth-order valence-corrected chi connectivity index (χ4v) is 2.32. The van der Waals surface area contributed by atoms with Crippen LogP contribution < -0.4 is 5.32 Å². The highest BCUT2D eigenvalue weighted by Gasteiger charge is 2.26. The number of hydrogen-bond donors (Lipinski definition) is 2. The highest BCUT2D eigenvalue weighted by atomic mass is 35.5. The van der Waals surface area contributed by atoms with Crippen LogP contribution in [0, 0.1) is 0 Å². The molecular formula is C11H16ClN3O. The maximum atomic E-state index is 12.1. The quantitative estimate of drug-likeness (QED) is 0.783. The Morgan fingerprint density at radius 2 is 2.06 bits per heavy atom. The molecule has 1 aliphatic heterocycles. The fraction of sp³-hybridized carbons (Fsp3) is 0.545. The molecule has 4 nitrogen and oxygen atoms in total. The summed E-state index contributed by atoms with van der Waals surface area (Å²) in [7, 11) is 0. The van der Waals surface area contributed by atoms with E-state index in [1.807, 2.05) is 4.90 Å². The Hall–Kier alpha value is -1.00. The first-order chi connectivity index (χ1) is 7.56. The normalized spacial score (nSPS) is 25.8. The van der Waals surface area contributed by atoms with Crippen LogP contribution in [0.1, 0.15) is 24.3 Å². The molecule has 2 unspecified atom stereocenters. The summed E-state index contributed by atoms with van der Waals surface area (Å²) in [6.45, 7) is 5.63. The molecule has 5 heteroatoms. The zero-order valence-electron chi connectivity index (χ0n) is 9.46. The van der Waals surface area contributed by atoms with Crippen molar-refractivity contribution >= 4 is 17.5 Å². The first-order valence-electron chi connectivity index (χ1n) is 5.45. The average molecular weight is 242 g/mol. The molecule has 1 aromatic heterocycles. The average Bonchev–Trinajstić information content (AvgIpc) is 2.62. The number of nitrogens with zero attached hydrogens (tertiary/aromatic N) is 1. The van der Waals surface area contributed by atoms with E-state index in [0.717, 1.165) is 13.1 Å². The molecule has 2 heterocycles. The highest BCUT2D eigenvalue weighted by molar-refractivity contribution is 6.30. The van der Waals surface area contributed by atoms with E-state index in [2.05, 4.69) is 24.1 Å². The van der Waals surface area contributed by atoms with Gasteiger partial charge in [-0.25, -0.2) is 0 Å². The van der Waals surface area contributed by atoms with Crippen molar-refractivity contribution in [1.29, 1.82) is 0 Å². The van der Waals surface area contributed by atoms with Gasteiger partial charge in [0.25, 0.3) is 5.91 Å². The van der Waals surface area contributed by atoms with Crippen LogP contribution >= 0.6 is 11.6 Å². The van der Waals surface area contributed by atoms with Crippen LogP contribution in [-0.4, -0.2) is 41.0 Å². The molecule has 1 aromatic rings. The first-order valence-corrected chi connectivity index (χ1v) is 5.83. The SMILES string of the molecule is CC1CN(C(=O)c2cc(Cl)c[nH]2)CC(C)N1. The van der Waals surface area contributed by atoms with Crippen molar-refractivity contribution in [3.63, 3.8) is 0 Å². The Bertz CT molecular complexity index is 380. The second-order valence-electron chi connectivity index (χ2n) is 4.41. The number of rotatable bonds is 1. The first kappa shape index (κ1) is 11.5. The second-order valence-corrected chi connectivity index (χ2v) is 4.85. The zero-order valence-corrected chi connectivity index (χ0v) is 10.2. The van der Waals surface area contributed by atoms with Crippen LogP contribution in [0.3, 0.4) is 0 Å². The van der Waals surface area contributed by atoms with E-state index >= 15 is 0 Å². The number of aromatic amines is 1. The number of aromatic nitrogens is 1. The summed E-state index contributed by atoms with van der Waals surface area (Å²) >= 11 is 5.79. The summed E-state index contributed by atoms with van der Waals surface area (Å²) < 4.78 is 0. The number of piperazine rings is 1. The number of H-pyrrole nitrogens is 1. The lowest BCUT2D eigenvalue weighted by atomic mass is 10.1. The van der Waals surface area contributed by atoms with Gasteiger partial charge in [0.2, 0.25) is 0 Å². The van der Waals surface area contributed by atoms with Crippen LogP contribution in [0.5, 0.6) is 0 Å². The minimum absolute atomic E-state index is 0.0205. The highest BCUT2D eigenvalue weighted by Crippen LogP contribution is 2.13. The Labute approximate surface area is 100.0 Å². The number of nitrogens with one attached hydrogen (secondary N) is 2.